The molecule has 1 aromatic heterocycles. The minimum Gasteiger partial charge on any atom is -0.481 e. The average Bonchev–Trinajstić information content (AvgIpc) is 2.39. The molecule has 94 valence electrons. The minimum atomic E-state index is 0.503. The standard InChI is InChI=1S/C13H21N3O/c1-3-16-9-5-6-11(10-16)14-12-7-4-8-13(15-12)17-2/h4,7-8,11H,3,5-6,9-10H2,1-2H3,(H,14,15). The molecule has 0 bridgehead atoms. The van der Waals surface area contributed by atoms with E-state index >= 15 is 0 Å². The van der Waals surface area contributed by atoms with Gasteiger partial charge in [-0.1, -0.05) is 13.0 Å². The molecule has 1 aliphatic heterocycles. The van der Waals surface area contributed by atoms with Crippen LogP contribution in [0.2, 0.25) is 0 Å². The third-order valence-electron chi connectivity index (χ3n) is 3.24. The Morgan fingerprint density at radius 3 is 3.18 bits per heavy atom. The van der Waals surface area contributed by atoms with Crippen molar-refractivity contribution in [1.82, 2.24) is 9.88 Å². The number of hydrogen-bond acceptors (Lipinski definition) is 4. The molecule has 1 aromatic rings. The molecular formula is C13H21N3O. The molecule has 0 aromatic carbocycles. The number of likely N-dealkylation sites (N-methyl/N-ethyl adjacent to an activating group) is 1. The first kappa shape index (κ1) is 12.2. The number of rotatable bonds is 4. The summed E-state index contributed by atoms with van der Waals surface area (Å²) in [6, 6.07) is 6.33. The van der Waals surface area contributed by atoms with Crippen LogP contribution in [0.4, 0.5) is 5.82 Å². The van der Waals surface area contributed by atoms with Gasteiger partial charge in [-0.05, 0) is 32.0 Å². The van der Waals surface area contributed by atoms with Gasteiger partial charge in [-0.2, -0.15) is 4.98 Å². The maximum absolute atomic E-state index is 5.12. The summed E-state index contributed by atoms with van der Waals surface area (Å²) in [6.07, 6.45) is 2.48. The fourth-order valence-electron chi connectivity index (χ4n) is 2.28. The van der Waals surface area contributed by atoms with Gasteiger partial charge in [0.05, 0.1) is 7.11 Å². The van der Waals surface area contributed by atoms with Crippen LogP contribution in [0, 0.1) is 0 Å². The number of nitrogens with one attached hydrogen (secondary N) is 1. The predicted octanol–water partition coefficient (Wildman–Crippen LogP) is 1.99. The zero-order valence-corrected chi connectivity index (χ0v) is 10.6. The van der Waals surface area contributed by atoms with Crippen molar-refractivity contribution in [3.05, 3.63) is 18.2 Å². The van der Waals surface area contributed by atoms with Crippen LogP contribution in [0.25, 0.3) is 0 Å². The Hall–Kier alpha value is -1.29. The van der Waals surface area contributed by atoms with Gasteiger partial charge in [0.25, 0.3) is 0 Å². The van der Waals surface area contributed by atoms with E-state index in [-0.39, 0.29) is 0 Å². The molecule has 0 radical (unpaired) electrons. The molecule has 2 rings (SSSR count). The summed E-state index contributed by atoms with van der Waals surface area (Å²) in [4.78, 5) is 6.86. The van der Waals surface area contributed by atoms with E-state index in [1.807, 2.05) is 18.2 Å². The van der Waals surface area contributed by atoms with Crippen LogP contribution in [0.3, 0.4) is 0 Å². The van der Waals surface area contributed by atoms with Crippen LogP contribution in [0.1, 0.15) is 19.8 Å². The predicted molar refractivity (Wildman–Crippen MR) is 69.5 cm³/mol. The van der Waals surface area contributed by atoms with Crippen LogP contribution in [0.5, 0.6) is 5.88 Å². The molecule has 4 heteroatoms. The molecule has 1 aliphatic rings. The zero-order valence-electron chi connectivity index (χ0n) is 10.6. The van der Waals surface area contributed by atoms with Crippen molar-refractivity contribution in [3.63, 3.8) is 0 Å². The zero-order chi connectivity index (χ0) is 12.1. The van der Waals surface area contributed by atoms with Crippen LogP contribution >= 0.6 is 0 Å². The summed E-state index contributed by atoms with van der Waals surface area (Å²) in [5.41, 5.74) is 0. The van der Waals surface area contributed by atoms with Crippen LogP contribution in [0.15, 0.2) is 18.2 Å². The summed E-state index contributed by atoms with van der Waals surface area (Å²) < 4.78 is 5.12. The lowest BCUT2D eigenvalue weighted by molar-refractivity contribution is 0.226. The normalized spacial score (nSPS) is 21.2. The molecule has 0 saturated carbocycles. The molecule has 17 heavy (non-hydrogen) atoms. The second kappa shape index (κ2) is 5.87. The number of hydrogen-bond donors (Lipinski definition) is 1. The van der Waals surface area contributed by atoms with Crippen molar-refractivity contribution in [2.24, 2.45) is 0 Å². The van der Waals surface area contributed by atoms with Crippen molar-refractivity contribution in [2.45, 2.75) is 25.8 Å². The van der Waals surface area contributed by atoms with Gasteiger partial charge in [-0.3, -0.25) is 0 Å². The first-order valence-corrected chi connectivity index (χ1v) is 6.31. The Labute approximate surface area is 103 Å². The summed E-state index contributed by atoms with van der Waals surface area (Å²) in [5.74, 6) is 1.57. The lowest BCUT2D eigenvalue weighted by atomic mass is 10.1. The highest BCUT2D eigenvalue weighted by Gasteiger charge is 2.18. The fourth-order valence-corrected chi connectivity index (χ4v) is 2.28. The molecule has 4 nitrogen and oxygen atoms in total. The van der Waals surface area contributed by atoms with E-state index in [4.69, 9.17) is 4.74 Å². The second-order valence-electron chi connectivity index (χ2n) is 4.44. The lowest BCUT2D eigenvalue weighted by Gasteiger charge is -2.32. The maximum Gasteiger partial charge on any atom is 0.214 e. The van der Waals surface area contributed by atoms with Crippen LogP contribution in [-0.4, -0.2) is 42.7 Å². The first-order chi connectivity index (χ1) is 8.31. The molecule has 1 fully saturated rings. The van der Waals surface area contributed by atoms with Crippen molar-refractivity contribution in [1.29, 1.82) is 0 Å². The van der Waals surface area contributed by atoms with E-state index in [0.717, 1.165) is 18.9 Å². The molecule has 1 N–H and O–H groups in total. The molecule has 0 spiro atoms. The number of piperidine rings is 1. The van der Waals surface area contributed by atoms with E-state index in [0.29, 0.717) is 11.9 Å². The molecule has 2 heterocycles. The highest BCUT2D eigenvalue weighted by Crippen LogP contribution is 2.16. The quantitative estimate of drug-likeness (QED) is 0.866. The van der Waals surface area contributed by atoms with Gasteiger partial charge in [0.15, 0.2) is 0 Å². The molecule has 1 unspecified atom stereocenters. The van der Waals surface area contributed by atoms with Gasteiger partial charge in [0.1, 0.15) is 5.82 Å². The van der Waals surface area contributed by atoms with Gasteiger partial charge >= 0.3 is 0 Å². The number of ether oxygens (including phenoxy) is 1. The number of anilines is 1. The summed E-state index contributed by atoms with van der Waals surface area (Å²) >= 11 is 0. The van der Waals surface area contributed by atoms with Crippen molar-refractivity contribution < 1.29 is 4.74 Å². The Morgan fingerprint density at radius 2 is 2.41 bits per heavy atom. The van der Waals surface area contributed by atoms with Gasteiger partial charge in [-0.25, -0.2) is 0 Å². The molecule has 0 aliphatic carbocycles. The lowest BCUT2D eigenvalue weighted by Crippen LogP contribution is -2.41. The fraction of sp³-hybridized carbons (Fsp3) is 0.615. The number of methoxy groups -OCH3 is 1. The Bertz CT molecular complexity index is 356. The minimum absolute atomic E-state index is 0.503. The van der Waals surface area contributed by atoms with Crippen LogP contribution < -0.4 is 10.1 Å². The topological polar surface area (TPSA) is 37.4 Å². The monoisotopic (exact) mass is 235 g/mol. The highest BCUT2D eigenvalue weighted by atomic mass is 16.5. The maximum atomic E-state index is 5.12. The Balaban J connectivity index is 1.95. The largest absolute Gasteiger partial charge is 0.481 e. The summed E-state index contributed by atoms with van der Waals surface area (Å²) in [7, 11) is 1.64. The van der Waals surface area contributed by atoms with Crippen molar-refractivity contribution in [3.8, 4) is 5.88 Å². The average molecular weight is 235 g/mol. The van der Waals surface area contributed by atoms with Crippen LogP contribution in [-0.2, 0) is 0 Å². The molecular weight excluding hydrogens is 214 g/mol. The number of likely N-dealkylation sites (tertiary alicyclic amines) is 1. The van der Waals surface area contributed by atoms with E-state index in [9.17, 15) is 0 Å². The van der Waals surface area contributed by atoms with Gasteiger partial charge in [0.2, 0.25) is 5.88 Å². The number of nitrogens with zero attached hydrogens (tertiary/aromatic N) is 2. The third kappa shape index (κ3) is 3.33. The highest BCUT2D eigenvalue weighted by molar-refractivity contribution is 5.38. The van der Waals surface area contributed by atoms with E-state index in [1.54, 1.807) is 7.11 Å². The number of pyridine rings is 1. The van der Waals surface area contributed by atoms with E-state index < -0.39 is 0 Å². The van der Waals surface area contributed by atoms with Gasteiger partial charge in [0, 0.05) is 18.7 Å². The van der Waals surface area contributed by atoms with Crippen molar-refractivity contribution in [2.75, 3.05) is 32.1 Å². The molecule has 1 atom stereocenters. The van der Waals surface area contributed by atoms with Gasteiger partial charge < -0.3 is 15.0 Å². The summed E-state index contributed by atoms with van der Waals surface area (Å²) in [6.45, 7) is 5.67. The summed E-state index contributed by atoms with van der Waals surface area (Å²) in [5, 5.41) is 3.49. The Kier molecular flexibility index (Phi) is 4.20. The Morgan fingerprint density at radius 1 is 1.53 bits per heavy atom. The third-order valence-corrected chi connectivity index (χ3v) is 3.24. The second-order valence-corrected chi connectivity index (χ2v) is 4.44. The van der Waals surface area contributed by atoms with E-state index in [1.165, 1.54) is 19.4 Å². The van der Waals surface area contributed by atoms with Gasteiger partial charge in [-0.15, -0.1) is 0 Å². The SMILES string of the molecule is CCN1CCCC(Nc2cccc(OC)n2)C1. The molecule has 0 amide bonds. The number of aromatic nitrogens is 1. The van der Waals surface area contributed by atoms with E-state index in [2.05, 4.69) is 22.1 Å². The smallest absolute Gasteiger partial charge is 0.214 e. The molecule has 1 saturated heterocycles. The first-order valence-electron chi connectivity index (χ1n) is 6.31. The van der Waals surface area contributed by atoms with Crippen molar-refractivity contribution >= 4 is 5.82 Å².